The molecule has 2 rings (SSSR count). The van der Waals surface area contributed by atoms with Crippen molar-refractivity contribution >= 4 is 15.8 Å². The Hall–Kier alpha value is -0.780. The Kier molecular flexibility index (Phi) is 5.90. The van der Waals surface area contributed by atoms with Gasteiger partial charge in [-0.3, -0.25) is 4.99 Å². The van der Waals surface area contributed by atoms with Gasteiger partial charge in [-0.15, -0.1) is 0 Å². The van der Waals surface area contributed by atoms with Crippen LogP contribution in [0.15, 0.2) is 4.99 Å². The molecule has 3 unspecified atom stereocenters. The van der Waals surface area contributed by atoms with Gasteiger partial charge >= 0.3 is 0 Å². The minimum atomic E-state index is -2.80. The van der Waals surface area contributed by atoms with Crippen molar-refractivity contribution in [2.24, 2.45) is 16.8 Å². The highest BCUT2D eigenvalue weighted by atomic mass is 32.2. The average molecular weight is 315 g/mol. The van der Waals surface area contributed by atoms with Crippen LogP contribution in [0, 0.1) is 11.8 Å². The highest BCUT2D eigenvalue weighted by Crippen LogP contribution is 2.24. The molecule has 1 heterocycles. The number of hydrogen-bond donors (Lipinski definition) is 2. The zero-order valence-corrected chi connectivity index (χ0v) is 14.1. The van der Waals surface area contributed by atoms with Gasteiger partial charge in [0.2, 0.25) is 0 Å². The Labute approximate surface area is 128 Å². The second-order valence-electron chi connectivity index (χ2n) is 6.64. The van der Waals surface area contributed by atoms with E-state index in [1.54, 1.807) is 0 Å². The summed E-state index contributed by atoms with van der Waals surface area (Å²) in [6.07, 6.45) is 5.49. The maximum absolute atomic E-state index is 11.5. The Balaban J connectivity index is 1.87. The molecule has 0 aromatic rings. The highest BCUT2D eigenvalue weighted by Gasteiger charge is 2.28. The zero-order valence-electron chi connectivity index (χ0n) is 13.3. The molecule has 0 aromatic carbocycles. The van der Waals surface area contributed by atoms with E-state index in [1.807, 2.05) is 0 Å². The third-order valence-electron chi connectivity index (χ3n) is 4.41. The minimum Gasteiger partial charge on any atom is -0.356 e. The molecule has 0 amide bonds. The molecular weight excluding hydrogens is 286 g/mol. The highest BCUT2D eigenvalue weighted by molar-refractivity contribution is 7.91. The summed E-state index contributed by atoms with van der Waals surface area (Å²) >= 11 is 0. The van der Waals surface area contributed by atoms with Gasteiger partial charge in [0.25, 0.3) is 0 Å². The summed E-state index contributed by atoms with van der Waals surface area (Å²) < 4.78 is 23.0. The quantitative estimate of drug-likeness (QED) is 0.596. The molecule has 2 aliphatic rings. The van der Waals surface area contributed by atoms with Crippen LogP contribution in [0.5, 0.6) is 0 Å². The van der Waals surface area contributed by atoms with Gasteiger partial charge in [-0.2, -0.15) is 0 Å². The van der Waals surface area contributed by atoms with Gasteiger partial charge in [-0.25, -0.2) is 8.42 Å². The first kappa shape index (κ1) is 16.6. The normalized spacial score (nSPS) is 32.3. The molecule has 5 nitrogen and oxygen atoms in total. The fourth-order valence-corrected chi connectivity index (χ4v) is 5.01. The summed E-state index contributed by atoms with van der Waals surface area (Å²) in [6.45, 7) is 5.94. The number of hydrogen-bond acceptors (Lipinski definition) is 3. The summed E-state index contributed by atoms with van der Waals surface area (Å²) in [7, 11) is -2.80. The lowest BCUT2D eigenvalue weighted by molar-refractivity contribution is 0.557. The van der Waals surface area contributed by atoms with Crippen molar-refractivity contribution in [3.8, 4) is 0 Å². The van der Waals surface area contributed by atoms with Crippen LogP contribution >= 0.6 is 0 Å². The fraction of sp³-hybridized carbons (Fsp3) is 0.933. The molecule has 0 radical (unpaired) electrons. The van der Waals surface area contributed by atoms with Crippen molar-refractivity contribution in [3.63, 3.8) is 0 Å². The molecule has 0 bridgehead atoms. The van der Waals surface area contributed by atoms with E-state index in [-0.39, 0.29) is 5.92 Å². The maximum atomic E-state index is 11.5. The molecule has 0 aromatic heterocycles. The van der Waals surface area contributed by atoms with Gasteiger partial charge in [0.05, 0.1) is 11.5 Å². The van der Waals surface area contributed by atoms with Crippen LogP contribution in [0.3, 0.4) is 0 Å². The van der Waals surface area contributed by atoms with Gasteiger partial charge < -0.3 is 10.6 Å². The number of rotatable bonds is 5. The van der Waals surface area contributed by atoms with Crippen LogP contribution in [-0.4, -0.2) is 45.0 Å². The molecule has 122 valence electrons. The van der Waals surface area contributed by atoms with Crippen LogP contribution in [0.2, 0.25) is 0 Å². The maximum Gasteiger partial charge on any atom is 0.191 e. The molecule has 0 spiro atoms. The largest absolute Gasteiger partial charge is 0.356 e. The monoisotopic (exact) mass is 315 g/mol. The molecule has 1 saturated heterocycles. The molecule has 21 heavy (non-hydrogen) atoms. The SMILES string of the molecule is CCCNC(=NCC1CCS(=O)(=O)C1)NC1CCC(C)C1. The summed E-state index contributed by atoms with van der Waals surface area (Å²) in [5, 5.41) is 6.86. The number of nitrogens with one attached hydrogen (secondary N) is 2. The minimum absolute atomic E-state index is 0.192. The molecule has 3 atom stereocenters. The lowest BCUT2D eigenvalue weighted by atomic mass is 10.1. The van der Waals surface area contributed by atoms with E-state index in [4.69, 9.17) is 0 Å². The van der Waals surface area contributed by atoms with Crippen LogP contribution in [0.25, 0.3) is 0 Å². The first-order valence-corrected chi connectivity index (χ1v) is 10.1. The van der Waals surface area contributed by atoms with Crippen LogP contribution in [-0.2, 0) is 9.84 Å². The van der Waals surface area contributed by atoms with Gasteiger partial charge in [-0.1, -0.05) is 13.8 Å². The molecule has 2 fully saturated rings. The van der Waals surface area contributed by atoms with Crippen molar-refractivity contribution in [1.82, 2.24) is 10.6 Å². The lowest BCUT2D eigenvalue weighted by Crippen LogP contribution is -2.43. The van der Waals surface area contributed by atoms with Gasteiger partial charge in [0.15, 0.2) is 15.8 Å². The molecule has 1 saturated carbocycles. The molecular formula is C15H29N3O2S. The summed E-state index contributed by atoms with van der Waals surface area (Å²) in [6, 6.07) is 0.510. The van der Waals surface area contributed by atoms with Crippen molar-refractivity contribution in [2.75, 3.05) is 24.6 Å². The Bertz CT molecular complexity index is 462. The smallest absolute Gasteiger partial charge is 0.191 e. The van der Waals surface area contributed by atoms with E-state index in [0.29, 0.717) is 24.1 Å². The summed E-state index contributed by atoms with van der Waals surface area (Å²) in [5.41, 5.74) is 0. The summed E-state index contributed by atoms with van der Waals surface area (Å²) in [4.78, 5) is 4.63. The van der Waals surface area contributed by atoms with Crippen LogP contribution in [0.4, 0.5) is 0 Å². The van der Waals surface area contributed by atoms with E-state index in [0.717, 1.165) is 31.3 Å². The van der Waals surface area contributed by atoms with Crippen molar-refractivity contribution in [2.45, 2.75) is 52.0 Å². The standard InChI is InChI=1S/C15H29N3O2S/c1-3-7-16-15(18-14-5-4-12(2)9-14)17-10-13-6-8-21(19,20)11-13/h12-14H,3-11H2,1-2H3,(H2,16,17,18). The predicted molar refractivity (Wildman–Crippen MR) is 87.3 cm³/mol. The first-order chi connectivity index (χ1) is 9.98. The van der Waals surface area contributed by atoms with Crippen molar-refractivity contribution in [1.29, 1.82) is 0 Å². The molecule has 1 aliphatic carbocycles. The number of guanidine groups is 1. The number of nitrogens with zero attached hydrogens (tertiary/aromatic N) is 1. The average Bonchev–Trinajstić information content (AvgIpc) is 2.98. The van der Waals surface area contributed by atoms with Gasteiger partial charge in [0, 0.05) is 19.1 Å². The van der Waals surface area contributed by atoms with E-state index in [9.17, 15) is 8.42 Å². The van der Waals surface area contributed by atoms with Crippen molar-refractivity contribution in [3.05, 3.63) is 0 Å². The predicted octanol–water partition coefficient (Wildman–Crippen LogP) is 1.55. The van der Waals surface area contributed by atoms with Gasteiger partial charge in [-0.05, 0) is 43.9 Å². The molecule has 1 aliphatic heterocycles. The second-order valence-corrected chi connectivity index (χ2v) is 8.87. The molecule has 6 heteroatoms. The third-order valence-corrected chi connectivity index (χ3v) is 6.25. The third kappa shape index (κ3) is 5.49. The van der Waals surface area contributed by atoms with Crippen LogP contribution in [0.1, 0.15) is 46.0 Å². The number of aliphatic imine (C=N–C) groups is 1. The van der Waals surface area contributed by atoms with E-state index >= 15 is 0 Å². The van der Waals surface area contributed by atoms with E-state index in [2.05, 4.69) is 29.5 Å². The first-order valence-electron chi connectivity index (χ1n) is 8.23. The summed E-state index contributed by atoms with van der Waals surface area (Å²) in [5.74, 6) is 2.48. The van der Waals surface area contributed by atoms with Crippen LogP contribution < -0.4 is 10.6 Å². The lowest BCUT2D eigenvalue weighted by Gasteiger charge is -2.18. The zero-order chi connectivity index (χ0) is 15.3. The topological polar surface area (TPSA) is 70.6 Å². The fourth-order valence-electron chi connectivity index (χ4n) is 3.16. The Morgan fingerprint density at radius 1 is 1.29 bits per heavy atom. The Morgan fingerprint density at radius 3 is 2.67 bits per heavy atom. The van der Waals surface area contributed by atoms with E-state index in [1.165, 1.54) is 19.3 Å². The second kappa shape index (κ2) is 7.47. The molecule has 2 N–H and O–H groups in total. The Morgan fingerprint density at radius 2 is 2.10 bits per heavy atom. The van der Waals surface area contributed by atoms with Gasteiger partial charge in [0.1, 0.15) is 0 Å². The number of sulfone groups is 1. The van der Waals surface area contributed by atoms with Crippen molar-refractivity contribution < 1.29 is 8.42 Å². The van der Waals surface area contributed by atoms with E-state index < -0.39 is 9.84 Å².